The molecule has 0 aliphatic carbocycles. The van der Waals surface area contributed by atoms with E-state index in [4.69, 9.17) is 21.1 Å². The molecule has 16 heavy (non-hydrogen) atoms. The standard InChI is InChI=1S/C12H22ClNO2/c1-10(2)8-14-5-3-12(4-6-14)15-9-11(7-13)16-12/h10-11H,3-9H2,1-2H3. The van der Waals surface area contributed by atoms with Gasteiger partial charge in [-0.25, -0.2) is 0 Å². The molecule has 0 saturated carbocycles. The van der Waals surface area contributed by atoms with E-state index >= 15 is 0 Å². The number of piperidine rings is 1. The van der Waals surface area contributed by atoms with Crippen LogP contribution >= 0.6 is 11.6 Å². The lowest BCUT2D eigenvalue weighted by atomic mass is 10.0. The van der Waals surface area contributed by atoms with E-state index in [0.29, 0.717) is 12.5 Å². The highest BCUT2D eigenvalue weighted by atomic mass is 35.5. The number of rotatable bonds is 3. The summed E-state index contributed by atoms with van der Waals surface area (Å²) in [6, 6.07) is 0. The van der Waals surface area contributed by atoms with E-state index in [9.17, 15) is 0 Å². The maximum absolute atomic E-state index is 5.91. The largest absolute Gasteiger partial charge is 0.347 e. The lowest BCUT2D eigenvalue weighted by molar-refractivity contribution is -0.193. The van der Waals surface area contributed by atoms with Crippen molar-refractivity contribution >= 4 is 11.6 Å². The van der Waals surface area contributed by atoms with E-state index in [2.05, 4.69) is 18.7 Å². The van der Waals surface area contributed by atoms with Crippen LogP contribution in [0.5, 0.6) is 0 Å². The van der Waals surface area contributed by atoms with Gasteiger partial charge in [0.15, 0.2) is 5.79 Å². The lowest BCUT2D eigenvalue weighted by Crippen LogP contribution is -2.46. The number of ether oxygens (including phenoxy) is 2. The first-order chi connectivity index (χ1) is 7.63. The van der Waals surface area contributed by atoms with Crippen molar-refractivity contribution in [3.05, 3.63) is 0 Å². The highest BCUT2D eigenvalue weighted by molar-refractivity contribution is 6.18. The van der Waals surface area contributed by atoms with Crippen molar-refractivity contribution < 1.29 is 9.47 Å². The molecule has 1 spiro atoms. The summed E-state index contributed by atoms with van der Waals surface area (Å²) in [4.78, 5) is 2.50. The monoisotopic (exact) mass is 247 g/mol. The second-order valence-electron chi connectivity index (χ2n) is 5.31. The van der Waals surface area contributed by atoms with Crippen LogP contribution in [0.2, 0.25) is 0 Å². The number of halogens is 1. The molecule has 2 saturated heterocycles. The van der Waals surface area contributed by atoms with Crippen LogP contribution in [-0.4, -0.2) is 48.9 Å². The van der Waals surface area contributed by atoms with Gasteiger partial charge >= 0.3 is 0 Å². The predicted molar refractivity (Wildman–Crippen MR) is 64.8 cm³/mol. The van der Waals surface area contributed by atoms with Crippen LogP contribution < -0.4 is 0 Å². The summed E-state index contributed by atoms with van der Waals surface area (Å²) in [7, 11) is 0. The van der Waals surface area contributed by atoms with Crippen molar-refractivity contribution in [2.24, 2.45) is 5.92 Å². The highest BCUT2D eigenvalue weighted by Gasteiger charge is 2.43. The fourth-order valence-electron chi connectivity index (χ4n) is 2.55. The summed E-state index contributed by atoms with van der Waals surface area (Å²) in [6.07, 6.45) is 2.05. The topological polar surface area (TPSA) is 21.7 Å². The number of nitrogens with zero attached hydrogens (tertiary/aromatic N) is 1. The first kappa shape index (κ1) is 12.6. The molecule has 3 nitrogen and oxygen atoms in total. The molecule has 2 fully saturated rings. The van der Waals surface area contributed by atoms with Gasteiger partial charge in [0, 0.05) is 32.5 Å². The van der Waals surface area contributed by atoms with Gasteiger partial charge in [0.25, 0.3) is 0 Å². The van der Waals surface area contributed by atoms with E-state index in [1.165, 1.54) is 6.54 Å². The van der Waals surface area contributed by atoms with Gasteiger partial charge in [0.2, 0.25) is 0 Å². The summed E-state index contributed by atoms with van der Waals surface area (Å²) in [6.45, 7) is 8.51. The Morgan fingerprint density at radius 1 is 1.38 bits per heavy atom. The van der Waals surface area contributed by atoms with Crippen molar-refractivity contribution in [2.75, 3.05) is 32.1 Å². The van der Waals surface area contributed by atoms with Gasteiger partial charge in [0.05, 0.1) is 18.6 Å². The number of alkyl halides is 1. The van der Waals surface area contributed by atoms with Crippen LogP contribution in [0.1, 0.15) is 26.7 Å². The Morgan fingerprint density at radius 3 is 2.56 bits per heavy atom. The van der Waals surface area contributed by atoms with Crippen molar-refractivity contribution in [2.45, 2.75) is 38.6 Å². The maximum atomic E-state index is 5.91. The fraction of sp³-hybridized carbons (Fsp3) is 1.00. The van der Waals surface area contributed by atoms with Crippen molar-refractivity contribution in [3.8, 4) is 0 Å². The van der Waals surface area contributed by atoms with Gasteiger partial charge < -0.3 is 14.4 Å². The molecule has 1 unspecified atom stereocenters. The summed E-state index contributed by atoms with van der Waals surface area (Å²) in [5.41, 5.74) is 0. The van der Waals surface area contributed by atoms with Crippen molar-refractivity contribution in [3.63, 3.8) is 0 Å². The molecule has 0 aromatic rings. The third kappa shape index (κ3) is 2.89. The third-order valence-corrected chi connectivity index (χ3v) is 3.67. The molecule has 0 aromatic heterocycles. The van der Waals surface area contributed by atoms with Crippen LogP contribution in [0.15, 0.2) is 0 Å². The van der Waals surface area contributed by atoms with Crippen molar-refractivity contribution in [1.29, 1.82) is 0 Å². The molecule has 0 aromatic carbocycles. The number of hydrogen-bond donors (Lipinski definition) is 0. The molecule has 0 amide bonds. The number of likely N-dealkylation sites (tertiary alicyclic amines) is 1. The van der Waals surface area contributed by atoms with E-state index in [1.807, 2.05) is 0 Å². The molecule has 2 aliphatic rings. The first-order valence-electron chi connectivity index (χ1n) is 6.24. The van der Waals surface area contributed by atoms with Crippen LogP contribution in [-0.2, 0) is 9.47 Å². The quantitative estimate of drug-likeness (QED) is 0.713. The zero-order valence-electron chi connectivity index (χ0n) is 10.2. The Morgan fingerprint density at radius 2 is 2.06 bits per heavy atom. The Balaban J connectivity index is 1.81. The van der Waals surface area contributed by atoms with Crippen molar-refractivity contribution in [1.82, 2.24) is 4.90 Å². The van der Waals surface area contributed by atoms with Crippen LogP contribution in [0.3, 0.4) is 0 Å². The minimum Gasteiger partial charge on any atom is -0.347 e. The molecule has 2 aliphatic heterocycles. The molecule has 2 rings (SSSR count). The molecule has 0 radical (unpaired) electrons. The minimum atomic E-state index is -0.312. The van der Waals surface area contributed by atoms with E-state index < -0.39 is 0 Å². The van der Waals surface area contributed by atoms with Gasteiger partial charge in [-0.3, -0.25) is 0 Å². The predicted octanol–water partition coefficient (Wildman–Crippen LogP) is 2.09. The summed E-state index contributed by atoms with van der Waals surface area (Å²) < 4.78 is 11.7. The van der Waals surface area contributed by atoms with E-state index in [0.717, 1.165) is 31.8 Å². The van der Waals surface area contributed by atoms with Crippen LogP contribution in [0.4, 0.5) is 0 Å². The molecule has 1 atom stereocenters. The molecular formula is C12H22ClNO2. The fourth-order valence-corrected chi connectivity index (χ4v) is 2.70. The highest BCUT2D eigenvalue weighted by Crippen LogP contribution is 2.34. The maximum Gasteiger partial charge on any atom is 0.171 e. The second-order valence-corrected chi connectivity index (χ2v) is 5.62. The molecule has 0 N–H and O–H groups in total. The Bertz CT molecular complexity index is 227. The van der Waals surface area contributed by atoms with Crippen LogP contribution in [0.25, 0.3) is 0 Å². The molecule has 0 bridgehead atoms. The Hall–Kier alpha value is 0.170. The van der Waals surface area contributed by atoms with Gasteiger partial charge in [-0.15, -0.1) is 11.6 Å². The van der Waals surface area contributed by atoms with E-state index in [-0.39, 0.29) is 11.9 Å². The summed E-state index contributed by atoms with van der Waals surface area (Å²) in [5.74, 6) is 0.958. The normalized spacial score (nSPS) is 30.4. The zero-order valence-corrected chi connectivity index (χ0v) is 11.0. The number of hydrogen-bond acceptors (Lipinski definition) is 3. The summed E-state index contributed by atoms with van der Waals surface area (Å²) >= 11 is 5.79. The van der Waals surface area contributed by atoms with Gasteiger partial charge in [-0.1, -0.05) is 13.8 Å². The second kappa shape index (κ2) is 5.21. The molecule has 4 heteroatoms. The third-order valence-electron chi connectivity index (χ3n) is 3.33. The molecule has 94 valence electrons. The summed E-state index contributed by atoms with van der Waals surface area (Å²) in [5, 5.41) is 0. The van der Waals surface area contributed by atoms with Crippen LogP contribution in [0, 0.1) is 5.92 Å². The average Bonchev–Trinajstić information content (AvgIpc) is 2.65. The molecular weight excluding hydrogens is 226 g/mol. The smallest absolute Gasteiger partial charge is 0.171 e. The minimum absolute atomic E-state index is 0.0957. The lowest BCUT2D eigenvalue weighted by Gasteiger charge is -2.38. The molecule has 2 heterocycles. The SMILES string of the molecule is CC(C)CN1CCC2(CC1)OCC(CCl)O2. The van der Waals surface area contributed by atoms with Gasteiger partial charge in [-0.2, -0.15) is 0 Å². The Labute approximate surface area is 103 Å². The van der Waals surface area contributed by atoms with Gasteiger partial charge in [-0.05, 0) is 5.92 Å². The van der Waals surface area contributed by atoms with E-state index in [1.54, 1.807) is 0 Å². The Kier molecular flexibility index (Phi) is 4.11. The average molecular weight is 248 g/mol. The van der Waals surface area contributed by atoms with Gasteiger partial charge in [0.1, 0.15) is 0 Å². The zero-order chi connectivity index (χ0) is 11.6. The first-order valence-corrected chi connectivity index (χ1v) is 6.77.